The number of aliphatic imine (C=N–C) groups is 1. The average Bonchev–Trinajstić information content (AvgIpc) is 3.13. The van der Waals surface area contributed by atoms with E-state index in [2.05, 4.69) is 49.3 Å². The molecule has 0 amide bonds. The molecular weight excluding hydrogens is 386 g/mol. The number of aromatic amines is 1. The lowest BCUT2D eigenvalue weighted by Crippen LogP contribution is -2.44. The third-order valence-corrected chi connectivity index (χ3v) is 5.69. The molecule has 0 unspecified atom stereocenters. The van der Waals surface area contributed by atoms with Crippen LogP contribution in [0.2, 0.25) is 5.02 Å². The molecule has 2 N–H and O–H groups in total. The van der Waals surface area contributed by atoms with Crippen LogP contribution in [-0.2, 0) is 0 Å². The second-order valence-electron chi connectivity index (χ2n) is 7.43. The first-order valence-corrected chi connectivity index (χ1v) is 10.1. The smallest absolute Gasteiger partial charge is 0.138 e. The maximum absolute atomic E-state index is 6.24. The highest BCUT2D eigenvalue weighted by molar-refractivity contribution is 6.31. The molecule has 2 aliphatic rings. The minimum Gasteiger partial charge on any atom is -0.354 e. The first-order valence-electron chi connectivity index (χ1n) is 9.70. The monoisotopic (exact) mass is 407 g/mol. The van der Waals surface area contributed by atoms with E-state index in [0.717, 1.165) is 65.4 Å². The summed E-state index contributed by atoms with van der Waals surface area (Å²) >= 11 is 6.24. The maximum Gasteiger partial charge on any atom is 0.138 e. The zero-order valence-corrected chi connectivity index (χ0v) is 16.9. The molecule has 5 heterocycles. The number of hydrogen-bond acceptors (Lipinski definition) is 6. The number of likely N-dealkylation sites (N-methyl/N-ethyl adjacent to an activating group) is 1. The zero-order valence-electron chi connectivity index (χ0n) is 16.2. The van der Waals surface area contributed by atoms with Crippen molar-refractivity contribution in [1.82, 2.24) is 25.2 Å². The van der Waals surface area contributed by atoms with Crippen molar-refractivity contribution in [3.05, 3.63) is 47.4 Å². The van der Waals surface area contributed by atoms with Gasteiger partial charge in [0.25, 0.3) is 0 Å². The highest BCUT2D eigenvalue weighted by atomic mass is 35.5. The molecule has 1 fully saturated rings. The molecule has 148 valence electrons. The largest absolute Gasteiger partial charge is 0.354 e. The van der Waals surface area contributed by atoms with Gasteiger partial charge in [-0.2, -0.15) is 0 Å². The first kappa shape index (κ1) is 18.1. The van der Waals surface area contributed by atoms with Crippen LogP contribution in [0, 0.1) is 0 Å². The molecule has 0 aliphatic carbocycles. The summed E-state index contributed by atoms with van der Waals surface area (Å²) in [7, 11) is 2.16. The lowest BCUT2D eigenvalue weighted by Gasteiger charge is -2.33. The summed E-state index contributed by atoms with van der Waals surface area (Å²) in [5.41, 5.74) is 4.95. The summed E-state index contributed by atoms with van der Waals surface area (Å²) < 4.78 is 0. The third-order valence-electron chi connectivity index (χ3n) is 5.49. The van der Waals surface area contributed by atoms with E-state index in [1.165, 1.54) is 0 Å². The van der Waals surface area contributed by atoms with Crippen LogP contribution in [0.15, 0.2) is 41.8 Å². The van der Waals surface area contributed by atoms with E-state index in [4.69, 9.17) is 16.6 Å². The standard InChI is InChI=1S/C21H22ClN7/c1-28-4-6-29(7-5-28)18-3-2-14(11-25-18)20-19(15-9-23-13-24-10-15)17-8-16(22)12-26-21(17)27-20/h2-3,8-9,11-13H,4-7,10H2,1H3,(H,23,24)(H,26,27). The molecule has 29 heavy (non-hydrogen) atoms. The van der Waals surface area contributed by atoms with Gasteiger partial charge in [-0.05, 0) is 30.8 Å². The Kier molecular flexibility index (Phi) is 4.69. The molecule has 3 aromatic rings. The number of nitrogens with one attached hydrogen (secondary N) is 2. The number of nitrogens with zero attached hydrogens (tertiary/aromatic N) is 5. The van der Waals surface area contributed by atoms with Crippen molar-refractivity contribution in [3.63, 3.8) is 0 Å². The highest BCUT2D eigenvalue weighted by Gasteiger charge is 2.20. The number of rotatable bonds is 3. The second kappa shape index (κ2) is 7.50. The molecular formula is C21H22ClN7. The summed E-state index contributed by atoms with van der Waals surface area (Å²) in [5.74, 6) is 1.02. The molecule has 0 atom stereocenters. The topological polar surface area (TPSA) is 72.4 Å². The maximum atomic E-state index is 6.24. The summed E-state index contributed by atoms with van der Waals surface area (Å²) in [6, 6.07) is 6.17. The van der Waals surface area contributed by atoms with Crippen LogP contribution >= 0.6 is 11.6 Å². The Morgan fingerprint density at radius 1 is 1.07 bits per heavy atom. The number of fused-ring (bicyclic) bond motifs is 1. The van der Waals surface area contributed by atoms with Crippen LogP contribution in [0.5, 0.6) is 0 Å². The van der Waals surface area contributed by atoms with Gasteiger partial charge in [0.2, 0.25) is 0 Å². The van der Waals surface area contributed by atoms with E-state index in [-0.39, 0.29) is 0 Å². The predicted octanol–water partition coefficient (Wildman–Crippen LogP) is 3.00. The Hall–Kier alpha value is -2.90. The van der Waals surface area contributed by atoms with Crippen molar-refractivity contribution >= 4 is 40.4 Å². The van der Waals surface area contributed by atoms with Crippen LogP contribution in [0.1, 0.15) is 5.56 Å². The Morgan fingerprint density at radius 2 is 1.93 bits per heavy atom. The normalized spacial score (nSPS) is 17.4. The van der Waals surface area contributed by atoms with Gasteiger partial charge in [0.15, 0.2) is 0 Å². The molecule has 7 nitrogen and oxygen atoms in total. The molecule has 8 heteroatoms. The van der Waals surface area contributed by atoms with Gasteiger partial charge in [-0.25, -0.2) is 9.97 Å². The second-order valence-corrected chi connectivity index (χ2v) is 7.86. The zero-order chi connectivity index (χ0) is 19.8. The fourth-order valence-corrected chi connectivity index (χ4v) is 4.04. The van der Waals surface area contributed by atoms with Crippen LogP contribution in [0.4, 0.5) is 5.82 Å². The van der Waals surface area contributed by atoms with Crippen LogP contribution in [-0.4, -0.2) is 66.0 Å². The minimum atomic E-state index is 0.603. The summed E-state index contributed by atoms with van der Waals surface area (Å²) in [5, 5.41) is 4.69. The Labute approximate surface area is 174 Å². The van der Waals surface area contributed by atoms with Crippen molar-refractivity contribution in [2.24, 2.45) is 4.99 Å². The number of pyridine rings is 2. The molecule has 0 radical (unpaired) electrons. The molecule has 0 aromatic carbocycles. The van der Waals surface area contributed by atoms with E-state index < -0.39 is 0 Å². The van der Waals surface area contributed by atoms with Crippen molar-refractivity contribution in [1.29, 1.82) is 0 Å². The molecule has 0 bridgehead atoms. The molecule has 5 rings (SSSR count). The summed E-state index contributed by atoms with van der Waals surface area (Å²) in [4.78, 5) is 21.7. The molecule has 1 saturated heterocycles. The van der Waals surface area contributed by atoms with Crippen LogP contribution < -0.4 is 10.2 Å². The molecule has 0 spiro atoms. The number of piperazine rings is 1. The fourth-order valence-electron chi connectivity index (χ4n) is 3.88. The fraction of sp³-hybridized carbons (Fsp3) is 0.286. The van der Waals surface area contributed by atoms with Crippen LogP contribution in [0.3, 0.4) is 0 Å². The highest BCUT2D eigenvalue weighted by Crippen LogP contribution is 2.36. The molecule has 2 aliphatic heterocycles. The SMILES string of the molecule is CN1CCN(c2ccc(-c3[nH]c4ncc(Cl)cc4c3C3=CNC=NC3)cn2)CC1. The predicted molar refractivity (Wildman–Crippen MR) is 119 cm³/mol. The van der Waals surface area contributed by atoms with E-state index >= 15 is 0 Å². The van der Waals surface area contributed by atoms with Crippen molar-refractivity contribution < 1.29 is 0 Å². The lowest BCUT2D eigenvalue weighted by atomic mass is 10.00. The van der Waals surface area contributed by atoms with E-state index in [9.17, 15) is 0 Å². The minimum absolute atomic E-state index is 0.603. The first-order chi connectivity index (χ1) is 14.2. The summed E-state index contributed by atoms with van der Waals surface area (Å²) in [6.07, 6.45) is 7.28. The number of hydrogen-bond donors (Lipinski definition) is 2. The Balaban J connectivity index is 1.55. The lowest BCUT2D eigenvalue weighted by molar-refractivity contribution is 0.312. The van der Waals surface area contributed by atoms with Gasteiger partial charge in [0, 0.05) is 61.3 Å². The van der Waals surface area contributed by atoms with E-state index in [1.807, 2.05) is 18.5 Å². The van der Waals surface area contributed by atoms with Crippen molar-refractivity contribution in [2.75, 3.05) is 44.7 Å². The Bertz CT molecular complexity index is 1090. The molecule has 3 aromatic heterocycles. The van der Waals surface area contributed by atoms with E-state index in [0.29, 0.717) is 11.6 Å². The third kappa shape index (κ3) is 3.47. The van der Waals surface area contributed by atoms with Crippen molar-refractivity contribution in [3.8, 4) is 11.3 Å². The van der Waals surface area contributed by atoms with Gasteiger partial charge in [-0.3, -0.25) is 4.99 Å². The molecule has 0 saturated carbocycles. The number of H-pyrrole nitrogens is 1. The van der Waals surface area contributed by atoms with Gasteiger partial charge in [-0.1, -0.05) is 11.6 Å². The summed E-state index contributed by atoms with van der Waals surface area (Å²) in [6.45, 7) is 4.72. The Morgan fingerprint density at radius 3 is 2.66 bits per heavy atom. The van der Waals surface area contributed by atoms with Crippen LogP contribution in [0.25, 0.3) is 27.9 Å². The van der Waals surface area contributed by atoms with E-state index in [1.54, 1.807) is 12.5 Å². The van der Waals surface area contributed by atoms with Gasteiger partial charge in [0.1, 0.15) is 11.5 Å². The quantitative estimate of drug-likeness (QED) is 0.698. The van der Waals surface area contributed by atoms with Gasteiger partial charge in [-0.15, -0.1) is 0 Å². The average molecular weight is 408 g/mol. The van der Waals surface area contributed by atoms with Gasteiger partial charge < -0.3 is 20.1 Å². The van der Waals surface area contributed by atoms with Crippen molar-refractivity contribution in [2.45, 2.75) is 0 Å². The number of anilines is 1. The van der Waals surface area contributed by atoms with Gasteiger partial charge >= 0.3 is 0 Å². The van der Waals surface area contributed by atoms with Gasteiger partial charge in [0.05, 0.1) is 23.6 Å². The number of aromatic nitrogens is 3. The number of halogens is 1.